The highest BCUT2D eigenvalue weighted by atomic mass is 16.5. The molecule has 21 heavy (non-hydrogen) atoms. The molecular weight excluding hydrogens is 266 g/mol. The number of nitrogens with one attached hydrogen (secondary N) is 1. The van der Waals surface area contributed by atoms with E-state index in [0.717, 1.165) is 37.0 Å². The zero-order chi connectivity index (χ0) is 15.1. The molecule has 4 nitrogen and oxygen atoms in total. The van der Waals surface area contributed by atoms with Crippen LogP contribution in [0.1, 0.15) is 38.2 Å². The highest BCUT2D eigenvalue weighted by Gasteiger charge is 2.25. The molecule has 0 saturated heterocycles. The van der Waals surface area contributed by atoms with Gasteiger partial charge in [-0.25, -0.2) is 0 Å². The van der Waals surface area contributed by atoms with Crippen molar-refractivity contribution < 1.29 is 14.6 Å². The molecule has 1 aromatic carbocycles. The average Bonchev–Trinajstić information content (AvgIpc) is 2.48. The maximum Gasteiger partial charge on any atom is 0.224 e. The van der Waals surface area contributed by atoms with Gasteiger partial charge in [-0.05, 0) is 37.5 Å². The predicted molar refractivity (Wildman–Crippen MR) is 82.3 cm³/mol. The SMILES string of the molecule is CCOc1cccc(CC(=O)NC2CCCCC2CO)c1. The van der Waals surface area contributed by atoms with Crippen LogP contribution in [0.15, 0.2) is 24.3 Å². The summed E-state index contributed by atoms with van der Waals surface area (Å²) < 4.78 is 5.45. The van der Waals surface area contributed by atoms with Crippen molar-refractivity contribution in [3.8, 4) is 5.75 Å². The first-order chi connectivity index (χ1) is 10.2. The summed E-state index contributed by atoms with van der Waals surface area (Å²) in [6, 6.07) is 7.77. The van der Waals surface area contributed by atoms with E-state index in [1.165, 1.54) is 0 Å². The summed E-state index contributed by atoms with van der Waals surface area (Å²) in [5, 5.41) is 12.5. The Morgan fingerprint density at radius 1 is 1.38 bits per heavy atom. The van der Waals surface area contributed by atoms with Gasteiger partial charge in [-0.1, -0.05) is 25.0 Å². The Bertz CT molecular complexity index is 461. The van der Waals surface area contributed by atoms with Crippen molar-refractivity contribution in [3.05, 3.63) is 29.8 Å². The van der Waals surface area contributed by atoms with Crippen molar-refractivity contribution >= 4 is 5.91 Å². The summed E-state index contributed by atoms with van der Waals surface area (Å²) >= 11 is 0. The quantitative estimate of drug-likeness (QED) is 0.845. The van der Waals surface area contributed by atoms with E-state index in [4.69, 9.17) is 4.74 Å². The second kappa shape index (κ2) is 8.03. The zero-order valence-corrected chi connectivity index (χ0v) is 12.7. The molecule has 1 aliphatic carbocycles. The fourth-order valence-electron chi connectivity index (χ4n) is 2.97. The van der Waals surface area contributed by atoms with E-state index in [1.54, 1.807) is 0 Å². The minimum Gasteiger partial charge on any atom is -0.494 e. The number of carbonyl (C=O) groups excluding carboxylic acids is 1. The molecule has 1 fully saturated rings. The summed E-state index contributed by atoms with van der Waals surface area (Å²) in [4.78, 5) is 12.2. The Hall–Kier alpha value is -1.55. The third kappa shape index (κ3) is 4.74. The van der Waals surface area contributed by atoms with Gasteiger partial charge in [0.05, 0.1) is 13.0 Å². The molecule has 0 aliphatic heterocycles. The van der Waals surface area contributed by atoms with Gasteiger partial charge in [0.25, 0.3) is 0 Å². The van der Waals surface area contributed by atoms with Gasteiger partial charge in [0, 0.05) is 18.6 Å². The number of ether oxygens (including phenoxy) is 1. The van der Waals surface area contributed by atoms with Crippen LogP contribution in [0.4, 0.5) is 0 Å². The van der Waals surface area contributed by atoms with Gasteiger partial charge in [0.15, 0.2) is 0 Å². The zero-order valence-electron chi connectivity index (χ0n) is 12.7. The number of hydrogen-bond donors (Lipinski definition) is 2. The number of benzene rings is 1. The summed E-state index contributed by atoms with van der Waals surface area (Å²) in [7, 11) is 0. The largest absolute Gasteiger partial charge is 0.494 e. The average molecular weight is 291 g/mol. The molecule has 0 radical (unpaired) electrons. The smallest absolute Gasteiger partial charge is 0.224 e. The Morgan fingerprint density at radius 3 is 2.95 bits per heavy atom. The number of hydrogen-bond acceptors (Lipinski definition) is 3. The molecule has 2 rings (SSSR count). The maximum atomic E-state index is 12.2. The Morgan fingerprint density at radius 2 is 2.19 bits per heavy atom. The van der Waals surface area contributed by atoms with Crippen molar-refractivity contribution in [2.24, 2.45) is 5.92 Å². The van der Waals surface area contributed by atoms with E-state index >= 15 is 0 Å². The van der Waals surface area contributed by atoms with Gasteiger partial charge in [0.2, 0.25) is 5.91 Å². The fraction of sp³-hybridized carbons (Fsp3) is 0.588. The first kappa shape index (κ1) is 15.8. The van der Waals surface area contributed by atoms with Crippen molar-refractivity contribution in [1.82, 2.24) is 5.32 Å². The summed E-state index contributed by atoms with van der Waals surface area (Å²) in [6.07, 6.45) is 4.60. The maximum absolute atomic E-state index is 12.2. The molecule has 2 N–H and O–H groups in total. The fourth-order valence-corrected chi connectivity index (χ4v) is 2.97. The third-order valence-electron chi connectivity index (χ3n) is 4.06. The van der Waals surface area contributed by atoms with E-state index in [2.05, 4.69) is 5.32 Å². The van der Waals surface area contributed by atoms with E-state index in [1.807, 2.05) is 31.2 Å². The number of aliphatic hydroxyl groups is 1. The topological polar surface area (TPSA) is 58.6 Å². The number of aliphatic hydroxyl groups excluding tert-OH is 1. The van der Waals surface area contributed by atoms with Crippen molar-refractivity contribution in [1.29, 1.82) is 0 Å². The first-order valence-electron chi connectivity index (χ1n) is 7.85. The van der Waals surface area contributed by atoms with Crippen LogP contribution in [0.3, 0.4) is 0 Å². The van der Waals surface area contributed by atoms with Gasteiger partial charge in [-0.3, -0.25) is 4.79 Å². The highest BCUT2D eigenvalue weighted by Crippen LogP contribution is 2.24. The lowest BCUT2D eigenvalue weighted by Crippen LogP contribution is -2.44. The molecular formula is C17H25NO3. The van der Waals surface area contributed by atoms with Crippen LogP contribution in [0.5, 0.6) is 5.75 Å². The molecule has 2 unspecified atom stereocenters. The summed E-state index contributed by atoms with van der Waals surface area (Å²) in [6.45, 7) is 2.72. The Balaban J connectivity index is 1.90. The molecule has 116 valence electrons. The van der Waals surface area contributed by atoms with E-state index in [-0.39, 0.29) is 24.5 Å². The molecule has 0 spiro atoms. The minimum absolute atomic E-state index is 0.0222. The lowest BCUT2D eigenvalue weighted by Gasteiger charge is -2.30. The molecule has 1 aromatic rings. The van der Waals surface area contributed by atoms with Gasteiger partial charge >= 0.3 is 0 Å². The predicted octanol–water partition coefficient (Wildman–Crippen LogP) is 2.30. The van der Waals surface area contributed by atoms with E-state index in [9.17, 15) is 9.90 Å². The van der Waals surface area contributed by atoms with Gasteiger partial charge in [0.1, 0.15) is 5.75 Å². The Labute approximate surface area is 126 Å². The summed E-state index contributed by atoms with van der Waals surface area (Å²) in [5.41, 5.74) is 0.954. The van der Waals surface area contributed by atoms with Crippen LogP contribution in [-0.4, -0.2) is 30.3 Å². The second-order valence-electron chi connectivity index (χ2n) is 5.66. The van der Waals surface area contributed by atoms with E-state index in [0.29, 0.717) is 13.0 Å². The van der Waals surface area contributed by atoms with Gasteiger partial charge in [-0.2, -0.15) is 0 Å². The molecule has 1 saturated carbocycles. The van der Waals surface area contributed by atoms with Crippen LogP contribution in [0.25, 0.3) is 0 Å². The monoisotopic (exact) mass is 291 g/mol. The Kier molecular flexibility index (Phi) is 6.05. The lowest BCUT2D eigenvalue weighted by atomic mass is 9.85. The molecule has 0 bridgehead atoms. The van der Waals surface area contributed by atoms with Gasteiger partial charge < -0.3 is 15.2 Å². The van der Waals surface area contributed by atoms with Crippen LogP contribution in [-0.2, 0) is 11.2 Å². The summed E-state index contributed by atoms with van der Waals surface area (Å²) in [5.74, 6) is 1.03. The highest BCUT2D eigenvalue weighted by molar-refractivity contribution is 5.79. The molecule has 4 heteroatoms. The molecule has 2 atom stereocenters. The molecule has 1 aliphatic rings. The van der Waals surface area contributed by atoms with Crippen LogP contribution < -0.4 is 10.1 Å². The number of carbonyl (C=O) groups is 1. The molecule has 0 heterocycles. The van der Waals surface area contributed by atoms with E-state index < -0.39 is 0 Å². The van der Waals surface area contributed by atoms with Gasteiger partial charge in [-0.15, -0.1) is 0 Å². The normalized spacial score (nSPS) is 21.8. The second-order valence-corrected chi connectivity index (χ2v) is 5.66. The van der Waals surface area contributed by atoms with Crippen LogP contribution >= 0.6 is 0 Å². The minimum atomic E-state index is 0.0222. The van der Waals surface area contributed by atoms with Crippen molar-refractivity contribution in [2.45, 2.75) is 45.1 Å². The standard InChI is InChI=1S/C17H25NO3/c1-2-21-15-8-5-6-13(10-15)11-17(20)18-16-9-4-3-7-14(16)12-19/h5-6,8,10,14,16,19H,2-4,7,9,11-12H2,1H3,(H,18,20). The van der Waals surface area contributed by atoms with Crippen LogP contribution in [0, 0.1) is 5.92 Å². The van der Waals surface area contributed by atoms with Crippen molar-refractivity contribution in [2.75, 3.05) is 13.2 Å². The van der Waals surface area contributed by atoms with Crippen molar-refractivity contribution in [3.63, 3.8) is 0 Å². The number of amides is 1. The lowest BCUT2D eigenvalue weighted by molar-refractivity contribution is -0.121. The van der Waals surface area contributed by atoms with Crippen LogP contribution in [0.2, 0.25) is 0 Å². The number of rotatable bonds is 6. The first-order valence-corrected chi connectivity index (χ1v) is 7.85. The molecule has 1 amide bonds. The third-order valence-corrected chi connectivity index (χ3v) is 4.06. The molecule has 0 aromatic heterocycles.